The van der Waals surface area contributed by atoms with Crippen LogP contribution in [0.4, 0.5) is 4.39 Å². The lowest BCUT2D eigenvalue weighted by Crippen LogP contribution is -2.37. The molecule has 2 N–H and O–H groups in total. The Morgan fingerprint density at radius 2 is 1.95 bits per heavy atom. The lowest BCUT2D eigenvalue weighted by atomic mass is 9.85. The van der Waals surface area contributed by atoms with Crippen molar-refractivity contribution in [3.8, 4) is 5.75 Å². The van der Waals surface area contributed by atoms with E-state index in [9.17, 15) is 12.8 Å². The van der Waals surface area contributed by atoms with E-state index in [-0.39, 0.29) is 17.4 Å². The van der Waals surface area contributed by atoms with Crippen LogP contribution in [0.15, 0.2) is 18.2 Å². The van der Waals surface area contributed by atoms with Crippen molar-refractivity contribution in [1.82, 2.24) is 0 Å². The van der Waals surface area contributed by atoms with Crippen molar-refractivity contribution in [3.05, 3.63) is 29.0 Å². The van der Waals surface area contributed by atoms with Crippen molar-refractivity contribution in [2.45, 2.75) is 26.7 Å². The van der Waals surface area contributed by atoms with Gasteiger partial charge in [-0.05, 0) is 31.0 Å². The van der Waals surface area contributed by atoms with Gasteiger partial charge in [0.1, 0.15) is 11.6 Å². The molecule has 1 rings (SSSR count). The van der Waals surface area contributed by atoms with Crippen molar-refractivity contribution >= 4 is 21.6 Å². The smallest absolute Gasteiger partial charge is 0.209 e. The first-order valence-electron chi connectivity index (χ1n) is 6.29. The summed E-state index contributed by atoms with van der Waals surface area (Å²) in [4.78, 5) is 0. The van der Waals surface area contributed by atoms with Gasteiger partial charge in [-0.2, -0.15) is 0 Å². The van der Waals surface area contributed by atoms with Gasteiger partial charge in [-0.1, -0.05) is 25.4 Å². The van der Waals surface area contributed by atoms with Gasteiger partial charge in [0.15, 0.2) is 0 Å². The number of nitrogens with two attached hydrogens (primary N) is 1. The first-order valence-corrected chi connectivity index (χ1v) is 8.39. The molecule has 0 saturated heterocycles. The van der Waals surface area contributed by atoms with E-state index in [1.807, 2.05) is 13.8 Å². The second-order valence-electron chi connectivity index (χ2n) is 4.88. The molecule has 0 heterocycles. The quantitative estimate of drug-likeness (QED) is 0.838. The molecular weight excluding hydrogens is 305 g/mol. The highest BCUT2D eigenvalue weighted by molar-refractivity contribution is 7.89. The fourth-order valence-corrected chi connectivity index (χ4v) is 3.52. The van der Waals surface area contributed by atoms with Gasteiger partial charge in [-0.3, -0.25) is 0 Å². The molecule has 1 aromatic rings. The maximum atomic E-state index is 12.9. The number of primary sulfonamides is 1. The minimum Gasteiger partial charge on any atom is -0.491 e. The topological polar surface area (TPSA) is 69.4 Å². The molecule has 0 aliphatic rings. The Balaban J connectivity index is 2.86. The molecule has 0 spiro atoms. The monoisotopic (exact) mass is 323 g/mol. The Kier molecular flexibility index (Phi) is 5.79. The second kappa shape index (κ2) is 6.74. The van der Waals surface area contributed by atoms with Crippen LogP contribution in [-0.4, -0.2) is 20.8 Å². The van der Waals surface area contributed by atoms with Crippen LogP contribution in [0.1, 0.15) is 26.7 Å². The van der Waals surface area contributed by atoms with Gasteiger partial charge < -0.3 is 4.74 Å². The van der Waals surface area contributed by atoms with Crippen LogP contribution in [0.3, 0.4) is 0 Å². The number of rotatable bonds is 7. The van der Waals surface area contributed by atoms with Crippen molar-refractivity contribution < 1.29 is 17.5 Å². The minimum absolute atomic E-state index is 0.154. The number of benzene rings is 1. The molecular formula is C13H19ClFNO3S. The highest BCUT2D eigenvalue weighted by atomic mass is 35.5. The average Bonchev–Trinajstić information content (AvgIpc) is 2.35. The summed E-state index contributed by atoms with van der Waals surface area (Å²) < 4.78 is 41.2. The van der Waals surface area contributed by atoms with Crippen LogP contribution in [0, 0.1) is 11.2 Å². The summed E-state index contributed by atoms with van der Waals surface area (Å²) in [6.07, 6.45) is 1.19. The molecule has 0 fully saturated rings. The summed E-state index contributed by atoms with van der Waals surface area (Å²) >= 11 is 5.87. The fourth-order valence-electron chi connectivity index (χ4n) is 1.95. The van der Waals surface area contributed by atoms with Gasteiger partial charge in [0.25, 0.3) is 0 Å². The second-order valence-corrected chi connectivity index (χ2v) is 6.90. The third kappa shape index (κ3) is 4.92. The molecule has 7 heteroatoms. The van der Waals surface area contributed by atoms with Crippen molar-refractivity contribution in [1.29, 1.82) is 0 Å². The van der Waals surface area contributed by atoms with E-state index in [1.54, 1.807) is 0 Å². The maximum absolute atomic E-state index is 12.9. The number of sulfonamides is 1. The third-order valence-corrected chi connectivity index (χ3v) is 4.75. The van der Waals surface area contributed by atoms with E-state index < -0.39 is 21.3 Å². The molecule has 0 aliphatic heterocycles. The summed E-state index contributed by atoms with van der Waals surface area (Å²) in [6, 6.07) is 3.81. The predicted octanol–water partition coefficient (Wildman–Crippen LogP) is 2.95. The van der Waals surface area contributed by atoms with E-state index in [4.69, 9.17) is 21.5 Å². The van der Waals surface area contributed by atoms with E-state index in [1.165, 1.54) is 12.1 Å². The average molecular weight is 324 g/mol. The summed E-state index contributed by atoms with van der Waals surface area (Å²) in [5.74, 6) is -0.288. The molecule has 0 amide bonds. The van der Waals surface area contributed by atoms with E-state index in [0.29, 0.717) is 18.6 Å². The van der Waals surface area contributed by atoms with Crippen LogP contribution in [0.2, 0.25) is 5.02 Å². The van der Waals surface area contributed by atoms with Crippen LogP contribution in [0.5, 0.6) is 5.75 Å². The Hall–Kier alpha value is -0.850. The zero-order chi connectivity index (χ0) is 15.4. The standard InChI is InChI=1S/C13H19ClFNO3S/c1-3-13(4-2,9-20(16,17)18)8-19-12-6-5-10(15)7-11(12)14/h5-7H,3-4,8-9H2,1-2H3,(H2,16,17,18). The Morgan fingerprint density at radius 1 is 1.35 bits per heavy atom. The van der Waals surface area contributed by atoms with Gasteiger partial charge in [-0.25, -0.2) is 17.9 Å². The highest BCUT2D eigenvalue weighted by Gasteiger charge is 2.32. The Bertz CT molecular complexity index is 559. The summed E-state index contributed by atoms with van der Waals surface area (Å²) in [7, 11) is -3.60. The Morgan fingerprint density at radius 3 is 2.40 bits per heavy atom. The molecule has 0 atom stereocenters. The summed E-state index contributed by atoms with van der Waals surface area (Å²) in [6.45, 7) is 3.91. The number of halogens is 2. The molecule has 114 valence electrons. The van der Waals surface area contributed by atoms with Gasteiger partial charge in [0, 0.05) is 5.41 Å². The van der Waals surface area contributed by atoms with Crippen LogP contribution in [0.25, 0.3) is 0 Å². The zero-order valence-electron chi connectivity index (χ0n) is 11.5. The lowest BCUT2D eigenvalue weighted by molar-refractivity contribution is 0.154. The van der Waals surface area contributed by atoms with Gasteiger partial charge >= 0.3 is 0 Å². The minimum atomic E-state index is -3.60. The molecule has 0 radical (unpaired) electrons. The first-order chi connectivity index (χ1) is 9.21. The molecule has 0 aliphatic carbocycles. The summed E-state index contributed by atoms with van der Waals surface area (Å²) in [5, 5.41) is 5.29. The molecule has 0 aromatic heterocycles. The fraction of sp³-hybridized carbons (Fsp3) is 0.538. The van der Waals surface area contributed by atoms with E-state index in [0.717, 1.165) is 6.07 Å². The van der Waals surface area contributed by atoms with Crippen molar-refractivity contribution in [3.63, 3.8) is 0 Å². The van der Waals surface area contributed by atoms with Gasteiger partial charge in [0.2, 0.25) is 10.0 Å². The van der Waals surface area contributed by atoms with Crippen LogP contribution in [-0.2, 0) is 10.0 Å². The maximum Gasteiger partial charge on any atom is 0.209 e. The molecule has 0 bridgehead atoms. The predicted molar refractivity (Wildman–Crippen MR) is 77.9 cm³/mol. The Labute approximate surface area is 124 Å². The highest BCUT2D eigenvalue weighted by Crippen LogP contribution is 2.31. The molecule has 0 saturated carbocycles. The number of ether oxygens (including phenoxy) is 1. The molecule has 4 nitrogen and oxygen atoms in total. The first kappa shape index (κ1) is 17.2. The largest absolute Gasteiger partial charge is 0.491 e. The lowest BCUT2D eigenvalue weighted by Gasteiger charge is -2.30. The number of hydrogen-bond acceptors (Lipinski definition) is 3. The van der Waals surface area contributed by atoms with E-state index >= 15 is 0 Å². The van der Waals surface area contributed by atoms with Gasteiger partial charge in [0.05, 0.1) is 17.4 Å². The van der Waals surface area contributed by atoms with Crippen LogP contribution >= 0.6 is 11.6 Å². The van der Waals surface area contributed by atoms with Gasteiger partial charge in [-0.15, -0.1) is 0 Å². The zero-order valence-corrected chi connectivity index (χ0v) is 13.1. The van der Waals surface area contributed by atoms with Crippen molar-refractivity contribution in [2.75, 3.05) is 12.4 Å². The molecule has 20 heavy (non-hydrogen) atoms. The SMILES string of the molecule is CCC(CC)(COc1ccc(F)cc1Cl)CS(N)(=O)=O. The molecule has 1 aromatic carbocycles. The van der Waals surface area contributed by atoms with Crippen molar-refractivity contribution in [2.24, 2.45) is 10.6 Å². The normalized spacial score (nSPS) is 12.4. The molecule has 0 unspecified atom stereocenters. The van der Waals surface area contributed by atoms with Crippen LogP contribution < -0.4 is 9.88 Å². The number of hydrogen-bond donors (Lipinski definition) is 1. The summed E-state index contributed by atoms with van der Waals surface area (Å²) in [5.41, 5.74) is -0.578. The third-order valence-electron chi connectivity index (χ3n) is 3.44. The van der Waals surface area contributed by atoms with E-state index in [2.05, 4.69) is 0 Å².